The van der Waals surface area contributed by atoms with Gasteiger partial charge >= 0.3 is 0 Å². The Kier molecular flexibility index (Phi) is 3.49. The Labute approximate surface area is 142 Å². The van der Waals surface area contributed by atoms with Crippen LogP contribution in [0.25, 0.3) is 16.7 Å². The maximum Gasteiger partial charge on any atom is 0.262 e. The molecule has 0 amide bonds. The molecule has 0 atom stereocenters. The lowest BCUT2D eigenvalue weighted by molar-refractivity contribution is 0.699. The summed E-state index contributed by atoms with van der Waals surface area (Å²) in [5, 5.41) is 9.07. The Balaban J connectivity index is 2.03. The molecule has 0 aliphatic rings. The second-order valence-electron chi connectivity index (χ2n) is 5.94. The molecule has 0 aliphatic carbocycles. The number of aromatic nitrogens is 5. The van der Waals surface area contributed by atoms with Crippen LogP contribution in [-0.4, -0.2) is 23.7 Å². The summed E-state index contributed by atoms with van der Waals surface area (Å²) in [6.45, 7) is 4.46. The van der Waals surface area contributed by atoms with E-state index in [4.69, 9.17) is 0 Å². The normalized spacial score (nSPS) is 11.4. The van der Waals surface area contributed by atoms with E-state index < -0.39 is 0 Å². The van der Waals surface area contributed by atoms with E-state index >= 15 is 0 Å². The summed E-state index contributed by atoms with van der Waals surface area (Å²) in [5.74, 6) is 1.10. The Morgan fingerprint density at radius 3 is 2.60 bits per heavy atom. The number of nitrogens with zero attached hydrogens (tertiary/aromatic N) is 5. The van der Waals surface area contributed by atoms with E-state index in [1.165, 1.54) is 0 Å². The van der Waals surface area contributed by atoms with Crippen LogP contribution in [0.3, 0.4) is 0 Å². The van der Waals surface area contributed by atoms with Gasteiger partial charge in [-0.25, -0.2) is 0 Å². The lowest BCUT2D eigenvalue weighted by Crippen LogP contribution is -2.24. The zero-order valence-electron chi connectivity index (χ0n) is 14.0. The third-order valence-corrected chi connectivity index (χ3v) is 4.41. The lowest BCUT2D eigenvalue weighted by atomic mass is 10.2. The number of pyridine rings is 1. The number of fused-ring (bicyclic) bond motifs is 3. The van der Waals surface area contributed by atoms with Crippen LogP contribution in [0.4, 0.5) is 0 Å². The number of benzene rings is 1. The van der Waals surface area contributed by atoms with Crippen LogP contribution in [0.5, 0.6) is 0 Å². The van der Waals surface area contributed by atoms with Crippen molar-refractivity contribution in [1.29, 1.82) is 0 Å². The molecule has 0 saturated heterocycles. The average Bonchev–Trinajstić information content (AvgIpc) is 3.03. The van der Waals surface area contributed by atoms with E-state index in [2.05, 4.69) is 10.2 Å². The zero-order chi connectivity index (χ0) is 17.6. The molecule has 7 heteroatoms. The standard InChI is InChI=1S/C18H17N5O2/c1-3-22-17(25)13-8-4-5-9-14(13)23-15(19-20-18(22)23)11-21-10-6-7-12(2)16(21)24/h4-10H,3,11H2,1-2H3. The van der Waals surface area contributed by atoms with Crippen LogP contribution in [0, 0.1) is 6.92 Å². The first kappa shape index (κ1) is 15.3. The van der Waals surface area contributed by atoms with Gasteiger partial charge in [0.1, 0.15) is 0 Å². The van der Waals surface area contributed by atoms with Crippen molar-refractivity contribution in [3.63, 3.8) is 0 Å². The van der Waals surface area contributed by atoms with E-state index in [1.807, 2.05) is 35.6 Å². The van der Waals surface area contributed by atoms with Gasteiger partial charge in [-0.1, -0.05) is 18.2 Å². The van der Waals surface area contributed by atoms with Crippen LogP contribution in [0.1, 0.15) is 18.3 Å². The topological polar surface area (TPSA) is 74.2 Å². The molecule has 3 aromatic heterocycles. The fraction of sp³-hybridized carbons (Fsp3) is 0.222. The molecule has 0 radical (unpaired) electrons. The minimum atomic E-state index is -0.0859. The molecule has 4 aromatic rings. The number of aryl methyl sites for hydroxylation is 2. The van der Waals surface area contributed by atoms with E-state index in [9.17, 15) is 9.59 Å². The fourth-order valence-corrected chi connectivity index (χ4v) is 3.14. The third kappa shape index (κ3) is 2.27. The van der Waals surface area contributed by atoms with Crippen LogP contribution in [0.2, 0.25) is 0 Å². The van der Waals surface area contributed by atoms with Gasteiger partial charge in [0.25, 0.3) is 11.1 Å². The first-order valence-corrected chi connectivity index (χ1v) is 8.13. The highest BCUT2D eigenvalue weighted by atomic mass is 16.1. The van der Waals surface area contributed by atoms with Crippen molar-refractivity contribution < 1.29 is 0 Å². The highest BCUT2D eigenvalue weighted by Gasteiger charge is 2.16. The smallest absolute Gasteiger partial charge is 0.262 e. The largest absolute Gasteiger partial charge is 0.308 e. The lowest BCUT2D eigenvalue weighted by Gasteiger charge is -2.10. The molecule has 0 fully saturated rings. The van der Waals surface area contributed by atoms with Gasteiger partial charge in [-0.05, 0) is 32.0 Å². The minimum Gasteiger partial charge on any atom is -0.308 e. The highest BCUT2D eigenvalue weighted by Crippen LogP contribution is 2.15. The summed E-state index contributed by atoms with van der Waals surface area (Å²) in [4.78, 5) is 25.0. The van der Waals surface area contributed by atoms with E-state index in [0.29, 0.717) is 29.1 Å². The molecular weight excluding hydrogens is 318 g/mol. The Hall–Kier alpha value is -3.22. The van der Waals surface area contributed by atoms with Crippen molar-refractivity contribution >= 4 is 16.7 Å². The summed E-state index contributed by atoms with van der Waals surface area (Å²) in [5.41, 5.74) is 1.27. The van der Waals surface area contributed by atoms with Crippen molar-refractivity contribution in [3.05, 3.63) is 74.7 Å². The summed E-state index contributed by atoms with van der Waals surface area (Å²) in [7, 11) is 0. The zero-order valence-corrected chi connectivity index (χ0v) is 14.0. The average molecular weight is 335 g/mol. The first-order valence-electron chi connectivity index (χ1n) is 8.13. The number of hydrogen-bond acceptors (Lipinski definition) is 4. The van der Waals surface area contributed by atoms with Gasteiger partial charge in [-0.15, -0.1) is 10.2 Å². The van der Waals surface area contributed by atoms with Gasteiger partial charge < -0.3 is 4.57 Å². The molecule has 7 nitrogen and oxygen atoms in total. The fourth-order valence-electron chi connectivity index (χ4n) is 3.14. The molecule has 126 valence electrons. The summed E-state index contributed by atoms with van der Waals surface area (Å²) in [6, 6.07) is 11.0. The van der Waals surface area contributed by atoms with Crippen LogP contribution in [0.15, 0.2) is 52.2 Å². The number of para-hydroxylation sites is 1. The molecule has 0 saturated carbocycles. The van der Waals surface area contributed by atoms with Crippen LogP contribution in [-0.2, 0) is 13.1 Å². The molecule has 25 heavy (non-hydrogen) atoms. The second kappa shape index (κ2) is 5.70. The SMILES string of the molecule is CCn1c(=O)c2ccccc2n2c(Cn3cccc(C)c3=O)nnc12. The molecule has 0 N–H and O–H groups in total. The van der Waals surface area contributed by atoms with E-state index in [-0.39, 0.29) is 17.7 Å². The second-order valence-corrected chi connectivity index (χ2v) is 5.94. The number of hydrogen-bond donors (Lipinski definition) is 0. The highest BCUT2D eigenvalue weighted by molar-refractivity contribution is 5.80. The molecule has 1 aromatic carbocycles. The molecule has 0 spiro atoms. The molecule has 3 heterocycles. The van der Waals surface area contributed by atoms with Crippen molar-refractivity contribution in [1.82, 2.24) is 23.7 Å². The third-order valence-electron chi connectivity index (χ3n) is 4.41. The summed E-state index contributed by atoms with van der Waals surface area (Å²) >= 11 is 0. The Morgan fingerprint density at radius 1 is 1.00 bits per heavy atom. The van der Waals surface area contributed by atoms with Crippen molar-refractivity contribution in [2.45, 2.75) is 26.9 Å². The Morgan fingerprint density at radius 2 is 1.80 bits per heavy atom. The molecular formula is C18H17N5O2. The van der Waals surface area contributed by atoms with E-state index in [0.717, 1.165) is 5.52 Å². The quantitative estimate of drug-likeness (QED) is 0.570. The van der Waals surface area contributed by atoms with Gasteiger partial charge in [-0.2, -0.15) is 0 Å². The summed E-state index contributed by atoms with van der Waals surface area (Å²) < 4.78 is 5.05. The van der Waals surface area contributed by atoms with Gasteiger partial charge in [0, 0.05) is 18.3 Å². The predicted octanol–water partition coefficient (Wildman–Crippen LogP) is 1.58. The van der Waals surface area contributed by atoms with Crippen molar-refractivity contribution in [2.75, 3.05) is 0 Å². The van der Waals surface area contributed by atoms with E-state index in [1.54, 1.807) is 34.4 Å². The van der Waals surface area contributed by atoms with Crippen molar-refractivity contribution in [2.24, 2.45) is 0 Å². The van der Waals surface area contributed by atoms with Gasteiger partial charge in [0.05, 0.1) is 17.4 Å². The van der Waals surface area contributed by atoms with Gasteiger partial charge in [-0.3, -0.25) is 18.6 Å². The van der Waals surface area contributed by atoms with Crippen LogP contribution >= 0.6 is 0 Å². The molecule has 4 rings (SSSR count). The maximum atomic E-state index is 12.7. The molecule has 0 unspecified atom stereocenters. The predicted molar refractivity (Wildman–Crippen MR) is 95.0 cm³/mol. The summed E-state index contributed by atoms with van der Waals surface area (Å²) in [6.07, 6.45) is 1.73. The molecule has 0 bridgehead atoms. The Bertz CT molecular complexity index is 1220. The first-order chi connectivity index (χ1) is 12.1. The van der Waals surface area contributed by atoms with Gasteiger partial charge in [0.15, 0.2) is 5.82 Å². The van der Waals surface area contributed by atoms with Crippen LogP contribution < -0.4 is 11.1 Å². The van der Waals surface area contributed by atoms with Gasteiger partial charge in [0.2, 0.25) is 5.78 Å². The molecule has 0 aliphatic heterocycles. The number of rotatable bonds is 3. The van der Waals surface area contributed by atoms with Crippen molar-refractivity contribution in [3.8, 4) is 0 Å². The minimum absolute atomic E-state index is 0.0626. The maximum absolute atomic E-state index is 12.7. The monoisotopic (exact) mass is 335 g/mol.